The molecule has 1 saturated carbocycles. The van der Waals surface area contributed by atoms with Gasteiger partial charge < -0.3 is 4.57 Å². The summed E-state index contributed by atoms with van der Waals surface area (Å²) >= 11 is 0. The second kappa shape index (κ2) is 3.26. The zero-order valence-electron chi connectivity index (χ0n) is 9.08. The quantitative estimate of drug-likeness (QED) is 0.703. The number of aromatic nitrogens is 1. The van der Waals surface area contributed by atoms with Crippen LogP contribution >= 0.6 is 0 Å². The topological polar surface area (TPSA) is 22.0 Å². The number of hydrogen-bond acceptors (Lipinski definition) is 1. The maximum Gasteiger partial charge on any atom is 0.253 e. The summed E-state index contributed by atoms with van der Waals surface area (Å²) in [5.74, 6) is 0.968. The minimum absolute atomic E-state index is 0.185. The van der Waals surface area contributed by atoms with E-state index in [9.17, 15) is 4.79 Å². The zero-order valence-corrected chi connectivity index (χ0v) is 9.08. The molecule has 0 saturated heterocycles. The first-order valence-corrected chi connectivity index (χ1v) is 5.31. The molecule has 14 heavy (non-hydrogen) atoms. The van der Waals surface area contributed by atoms with Gasteiger partial charge in [0.2, 0.25) is 0 Å². The molecule has 1 heterocycles. The molecule has 0 aliphatic heterocycles. The Hall–Kier alpha value is -1.05. The molecule has 1 fully saturated rings. The summed E-state index contributed by atoms with van der Waals surface area (Å²) in [6.45, 7) is 4.13. The van der Waals surface area contributed by atoms with Gasteiger partial charge in [-0.1, -0.05) is 19.9 Å². The Balaban J connectivity index is 2.50. The van der Waals surface area contributed by atoms with Gasteiger partial charge in [0.05, 0.1) is 0 Å². The van der Waals surface area contributed by atoms with Gasteiger partial charge in [-0.05, 0) is 30.7 Å². The van der Waals surface area contributed by atoms with E-state index >= 15 is 0 Å². The smallest absolute Gasteiger partial charge is 0.253 e. The van der Waals surface area contributed by atoms with Gasteiger partial charge >= 0.3 is 0 Å². The largest absolute Gasteiger partial charge is 0.315 e. The van der Waals surface area contributed by atoms with E-state index in [4.69, 9.17) is 0 Å². The highest BCUT2D eigenvalue weighted by Gasteiger charge is 2.26. The van der Waals surface area contributed by atoms with Crippen molar-refractivity contribution in [1.82, 2.24) is 4.57 Å². The highest BCUT2D eigenvalue weighted by atomic mass is 16.1. The number of nitrogens with zero attached hydrogens (tertiary/aromatic N) is 1. The summed E-state index contributed by atoms with van der Waals surface area (Å²) in [6.07, 6.45) is 2.49. The van der Waals surface area contributed by atoms with Crippen molar-refractivity contribution in [2.45, 2.75) is 38.5 Å². The lowest BCUT2D eigenvalue weighted by Crippen LogP contribution is -2.24. The highest BCUT2D eigenvalue weighted by Crippen LogP contribution is 2.39. The summed E-state index contributed by atoms with van der Waals surface area (Å²) in [5, 5.41) is 0. The van der Waals surface area contributed by atoms with Crippen LogP contribution in [0.1, 0.15) is 49.8 Å². The van der Waals surface area contributed by atoms with E-state index in [0.29, 0.717) is 11.8 Å². The molecule has 2 nitrogen and oxygen atoms in total. The summed E-state index contributed by atoms with van der Waals surface area (Å²) in [6, 6.07) is 4.12. The molecule has 76 valence electrons. The van der Waals surface area contributed by atoms with Crippen LogP contribution in [0.2, 0.25) is 0 Å². The summed E-state index contributed by atoms with van der Waals surface area (Å²) in [4.78, 5) is 11.9. The molecule has 1 aromatic rings. The second-order valence-electron chi connectivity index (χ2n) is 4.51. The van der Waals surface area contributed by atoms with Crippen molar-refractivity contribution in [3.63, 3.8) is 0 Å². The van der Waals surface area contributed by atoms with E-state index in [2.05, 4.69) is 19.9 Å². The van der Waals surface area contributed by atoms with Crippen molar-refractivity contribution in [1.29, 1.82) is 0 Å². The minimum Gasteiger partial charge on any atom is -0.315 e. The van der Waals surface area contributed by atoms with E-state index in [0.717, 1.165) is 5.56 Å². The Morgan fingerprint density at radius 1 is 1.36 bits per heavy atom. The van der Waals surface area contributed by atoms with Crippen LogP contribution in [-0.2, 0) is 7.05 Å². The fourth-order valence-electron chi connectivity index (χ4n) is 1.90. The molecular weight excluding hydrogens is 174 g/mol. The van der Waals surface area contributed by atoms with Gasteiger partial charge in [0, 0.05) is 18.3 Å². The first-order valence-electron chi connectivity index (χ1n) is 5.31. The van der Waals surface area contributed by atoms with E-state index < -0.39 is 0 Å². The SMILES string of the molecule is CC(C)c1ccc(C2CC2)n(C)c1=O. The normalized spacial score (nSPS) is 16.3. The molecule has 1 aliphatic carbocycles. The first-order chi connectivity index (χ1) is 6.61. The van der Waals surface area contributed by atoms with Gasteiger partial charge in [-0.25, -0.2) is 0 Å². The molecule has 0 atom stereocenters. The van der Waals surface area contributed by atoms with E-state index in [1.165, 1.54) is 18.5 Å². The first kappa shape index (κ1) is 9.50. The Morgan fingerprint density at radius 3 is 2.50 bits per heavy atom. The lowest BCUT2D eigenvalue weighted by atomic mass is 10.0. The van der Waals surface area contributed by atoms with Gasteiger partial charge in [0.25, 0.3) is 5.56 Å². The molecular formula is C12H17NO. The van der Waals surface area contributed by atoms with Crippen LogP contribution in [-0.4, -0.2) is 4.57 Å². The van der Waals surface area contributed by atoms with Crippen LogP contribution in [0, 0.1) is 0 Å². The van der Waals surface area contributed by atoms with Crippen LogP contribution in [0.4, 0.5) is 0 Å². The van der Waals surface area contributed by atoms with Crippen LogP contribution in [0.5, 0.6) is 0 Å². The van der Waals surface area contributed by atoms with Gasteiger partial charge in [0.1, 0.15) is 0 Å². The van der Waals surface area contributed by atoms with Gasteiger partial charge in [-0.2, -0.15) is 0 Å². The van der Waals surface area contributed by atoms with Crippen LogP contribution in [0.15, 0.2) is 16.9 Å². The monoisotopic (exact) mass is 191 g/mol. The lowest BCUT2D eigenvalue weighted by Gasteiger charge is -2.11. The van der Waals surface area contributed by atoms with Crippen molar-refractivity contribution in [3.05, 3.63) is 33.7 Å². The number of hydrogen-bond donors (Lipinski definition) is 0. The predicted octanol–water partition coefficient (Wildman–Crippen LogP) is 2.39. The molecule has 1 aliphatic rings. The maximum absolute atomic E-state index is 11.9. The van der Waals surface area contributed by atoms with E-state index in [1.54, 1.807) is 0 Å². The van der Waals surface area contributed by atoms with Crippen LogP contribution in [0.3, 0.4) is 0 Å². The van der Waals surface area contributed by atoms with E-state index in [1.807, 2.05) is 17.7 Å². The van der Waals surface area contributed by atoms with Crippen LogP contribution < -0.4 is 5.56 Å². The third kappa shape index (κ3) is 1.49. The number of rotatable bonds is 2. The summed E-state index contributed by atoms with van der Waals surface area (Å²) in [5.41, 5.74) is 2.32. The molecule has 0 radical (unpaired) electrons. The number of pyridine rings is 1. The fraction of sp³-hybridized carbons (Fsp3) is 0.583. The molecule has 0 spiro atoms. The van der Waals surface area contributed by atoms with Crippen molar-refractivity contribution in [3.8, 4) is 0 Å². The van der Waals surface area contributed by atoms with Crippen molar-refractivity contribution in [2.24, 2.45) is 7.05 Å². The molecule has 0 unspecified atom stereocenters. The molecule has 0 aromatic carbocycles. The summed E-state index contributed by atoms with van der Waals surface area (Å²) < 4.78 is 1.83. The molecule has 2 heteroatoms. The minimum atomic E-state index is 0.185. The molecule has 0 amide bonds. The Labute approximate surface area is 84.6 Å². The predicted molar refractivity (Wildman–Crippen MR) is 57.7 cm³/mol. The van der Waals surface area contributed by atoms with Crippen molar-refractivity contribution >= 4 is 0 Å². The maximum atomic E-state index is 11.9. The third-order valence-electron chi connectivity index (χ3n) is 2.99. The standard InChI is InChI=1S/C12H17NO/c1-8(2)10-6-7-11(9-4-5-9)13(3)12(10)14/h6-9H,4-5H2,1-3H3. The zero-order chi connectivity index (χ0) is 10.3. The Bertz CT molecular complexity index is 399. The molecule has 0 N–H and O–H groups in total. The van der Waals surface area contributed by atoms with E-state index in [-0.39, 0.29) is 5.56 Å². The average Bonchev–Trinajstić information content (AvgIpc) is 2.92. The summed E-state index contributed by atoms with van der Waals surface area (Å²) in [7, 11) is 1.89. The van der Waals surface area contributed by atoms with Crippen LogP contribution in [0.25, 0.3) is 0 Å². The Kier molecular flexibility index (Phi) is 2.22. The van der Waals surface area contributed by atoms with Crippen molar-refractivity contribution in [2.75, 3.05) is 0 Å². The highest BCUT2D eigenvalue weighted by molar-refractivity contribution is 5.23. The van der Waals surface area contributed by atoms with Gasteiger partial charge in [-0.15, -0.1) is 0 Å². The lowest BCUT2D eigenvalue weighted by molar-refractivity contribution is 0.735. The molecule has 0 bridgehead atoms. The van der Waals surface area contributed by atoms with Gasteiger partial charge in [0.15, 0.2) is 0 Å². The molecule has 1 aromatic heterocycles. The third-order valence-corrected chi connectivity index (χ3v) is 2.99. The average molecular weight is 191 g/mol. The Morgan fingerprint density at radius 2 is 2.00 bits per heavy atom. The van der Waals surface area contributed by atoms with Crippen molar-refractivity contribution < 1.29 is 0 Å². The molecule has 2 rings (SSSR count). The van der Waals surface area contributed by atoms with Gasteiger partial charge in [-0.3, -0.25) is 4.79 Å². The fourth-order valence-corrected chi connectivity index (χ4v) is 1.90. The second-order valence-corrected chi connectivity index (χ2v) is 4.51.